The molecule has 3 rings (SSSR count). The fourth-order valence-corrected chi connectivity index (χ4v) is 2.06. The molecule has 2 N–H and O–H groups in total. The van der Waals surface area contributed by atoms with Gasteiger partial charge in [0.15, 0.2) is 5.76 Å². The molecular weight excluding hydrogens is 294 g/mol. The van der Waals surface area contributed by atoms with Crippen molar-refractivity contribution in [3.8, 4) is 11.1 Å². The molecule has 0 saturated carbocycles. The number of nitrogen functional groups attached to an aromatic ring is 1. The van der Waals surface area contributed by atoms with Gasteiger partial charge in [-0.1, -0.05) is 24.3 Å². The van der Waals surface area contributed by atoms with Crippen molar-refractivity contribution < 1.29 is 9.34 Å². The molecule has 0 aliphatic heterocycles. The lowest BCUT2D eigenvalue weighted by atomic mass is 10.1. The molecule has 1 aromatic heterocycles. The number of hydrogen-bond donors (Lipinski definition) is 1. The molecule has 6 nitrogen and oxygen atoms in total. The zero-order valence-electron chi connectivity index (χ0n) is 12.0. The van der Waals surface area contributed by atoms with Gasteiger partial charge in [-0.25, -0.2) is 0 Å². The lowest BCUT2D eigenvalue weighted by molar-refractivity contribution is -0.402. The van der Waals surface area contributed by atoms with Gasteiger partial charge < -0.3 is 10.2 Å². The number of nitrogens with two attached hydrogens (primary N) is 1. The molecule has 0 radical (unpaired) electrons. The average molecular weight is 307 g/mol. The lowest BCUT2D eigenvalue weighted by Crippen LogP contribution is -1.84. The topological polar surface area (TPSA) is 94.7 Å². The fourth-order valence-electron chi connectivity index (χ4n) is 2.06. The number of nitro groups is 1. The highest BCUT2D eigenvalue weighted by atomic mass is 16.6. The zero-order chi connectivity index (χ0) is 16.2. The fraction of sp³-hybridized carbons (Fsp3) is 0. The Hall–Kier alpha value is -3.41. The highest BCUT2D eigenvalue weighted by Crippen LogP contribution is 2.23. The SMILES string of the molecule is Nc1ccc(-c2ccc(N=Cc3ccc([N+](=O)[O-])o3)cc2)cc1. The quantitative estimate of drug-likeness (QED) is 0.338. The standard InChI is InChI=1S/C17H13N3O3/c18-14-5-1-12(2-6-14)13-3-7-15(8-4-13)19-11-16-9-10-17(23-16)20(21)22/h1-11H,18H2. The van der Waals surface area contributed by atoms with Crippen molar-refractivity contribution in [1.29, 1.82) is 0 Å². The smallest absolute Gasteiger partial charge is 0.400 e. The molecule has 0 amide bonds. The Balaban J connectivity index is 1.75. The van der Waals surface area contributed by atoms with Crippen LogP contribution < -0.4 is 5.73 Å². The summed E-state index contributed by atoms with van der Waals surface area (Å²) in [6, 6.07) is 18.0. The van der Waals surface area contributed by atoms with Gasteiger partial charge in [-0.2, -0.15) is 0 Å². The maximum absolute atomic E-state index is 10.5. The van der Waals surface area contributed by atoms with Crippen molar-refractivity contribution >= 4 is 23.5 Å². The van der Waals surface area contributed by atoms with E-state index in [1.807, 2.05) is 48.5 Å². The number of hydrogen-bond acceptors (Lipinski definition) is 5. The van der Waals surface area contributed by atoms with Crippen LogP contribution in [0.5, 0.6) is 0 Å². The first-order chi connectivity index (χ1) is 11.1. The monoisotopic (exact) mass is 307 g/mol. The number of rotatable bonds is 4. The van der Waals surface area contributed by atoms with Gasteiger partial charge in [-0.3, -0.25) is 15.1 Å². The van der Waals surface area contributed by atoms with Crippen LogP contribution in [0.25, 0.3) is 11.1 Å². The van der Waals surface area contributed by atoms with Crippen LogP contribution >= 0.6 is 0 Å². The van der Waals surface area contributed by atoms with Gasteiger partial charge in [0.1, 0.15) is 4.92 Å². The van der Waals surface area contributed by atoms with E-state index in [9.17, 15) is 10.1 Å². The summed E-state index contributed by atoms with van der Waals surface area (Å²) in [5.41, 5.74) is 9.24. The van der Waals surface area contributed by atoms with Gasteiger partial charge in [0.05, 0.1) is 18.0 Å². The molecule has 0 aliphatic rings. The van der Waals surface area contributed by atoms with E-state index in [1.165, 1.54) is 18.3 Å². The van der Waals surface area contributed by atoms with Crippen LogP contribution in [0.15, 0.2) is 70.1 Å². The maximum atomic E-state index is 10.5. The highest BCUT2D eigenvalue weighted by molar-refractivity contribution is 5.79. The van der Waals surface area contributed by atoms with Crippen molar-refractivity contribution in [2.45, 2.75) is 0 Å². The van der Waals surface area contributed by atoms with E-state index in [-0.39, 0.29) is 5.88 Å². The van der Waals surface area contributed by atoms with Crippen LogP contribution in [0.3, 0.4) is 0 Å². The van der Waals surface area contributed by atoms with Gasteiger partial charge in [-0.05, 0) is 41.5 Å². The molecule has 6 heteroatoms. The van der Waals surface area contributed by atoms with Crippen LogP contribution in [0.4, 0.5) is 17.3 Å². The minimum atomic E-state index is -0.585. The van der Waals surface area contributed by atoms with Gasteiger partial charge in [-0.15, -0.1) is 0 Å². The van der Waals surface area contributed by atoms with Crippen LogP contribution in [-0.4, -0.2) is 11.1 Å². The summed E-state index contributed by atoms with van der Waals surface area (Å²) < 4.78 is 5.01. The van der Waals surface area contributed by atoms with E-state index >= 15 is 0 Å². The molecule has 2 aromatic carbocycles. The Morgan fingerprint density at radius 1 is 0.957 bits per heavy atom. The Bertz CT molecular complexity index is 850. The van der Waals surface area contributed by atoms with Gasteiger partial charge in [0.2, 0.25) is 0 Å². The summed E-state index contributed by atoms with van der Waals surface area (Å²) in [6.07, 6.45) is 1.45. The molecular formula is C17H13N3O3. The van der Waals surface area contributed by atoms with Crippen LogP contribution in [0.1, 0.15) is 5.76 Å². The molecule has 0 atom stereocenters. The Morgan fingerprint density at radius 2 is 1.57 bits per heavy atom. The van der Waals surface area contributed by atoms with E-state index in [0.717, 1.165) is 22.5 Å². The zero-order valence-corrected chi connectivity index (χ0v) is 12.0. The Morgan fingerprint density at radius 3 is 2.13 bits per heavy atom. The number of furan rings is 1. The largest absolute Gasteiger partial charge is 0.433 e. The van der Waals surface area contributed by atoms with Crippen molar-refractivity contribution in [2.24, 2.45) is 4.99 Å². The van der Waals surface area contributed by atoms with E-state index < -0.39 is 4.92 Å². The minimum Gasteiger partial charge on any atom is -0.400 e. The molecule has 0 spiro atoms. The van der Waals surface area contributed by atoms with E-state index in [4.69, 9.17) is 10.2 Å². The third-order valence-corrected chi connectivity index (χ3v) is 3.24. The van der Waals surface area contributed by atoms with Gasteiger partial charge >= 0.3 is 5.88 Å². The van der Waals surface area contributed by atoms with Crippen molar-refractivity contribution in [3.63, 3.8) is 0 Å². The van der Waals surface area contributed by atoms with Gasteiger partial charge in [0.25, 0.3) is 0 Å². The first-order valence-corrected chi connectivity index (χ1v) is 6.86. The molecule has 0 saturated heterocycles. The molecule has 3 aromatic rings. The van der Waals surface area contributed by atoms with E-state index in [0.29, 0.717) is 5.76 Å². The summed E-state index contributed by atoms with van der Waals surface area (Å²) in [4.78, 5) is 14.2. The van der Waals surface area contributed by atoms with E-state index in [2.05, 4.69) is 4.99 Å². The number of benzene rings is 2. The second kappa shape index (κ2) is 6.15. The summed E-state index contributed by atoms with van der Waals surface area (Å²) in [5.74, 6) is 0.0319. The second-order valence-corrected chi connectivity index (χ2v) is 4.86. The van der Waals surface area contributed by atoms with Crippen LogP contribution in [0, 0.1) is 10.1 Å². The number of anilines is 1. The third-order valence-electron chi connectivity index (χ3n) is 3.24. The van der Waals surface area contributed by atoms with Crippen LogP contribution in [-0.2, 0) is 0 Å². The van der Waals surface area contributed by atoms with Crippen molar-refractivity contribution in [3.05, 3.63) is 76.5 Å². The first-order valence-electron chi connectivity index (χ1n) is 6.86. The molecule has 0 unspecified atom stereocenters. The second-order valence-electron chi connectivity index (χ2n) is 4.86. The normalized spacial score (nSPS) is 11.0. The molecule has 0 bridgehead atoms. The molecule has 114 valence electrons. The first kappa shape index (κ1) is 14.5. The predicted octanol–water partition coefficient (Wildman–Crippen LogP) is 4.19. The van der Waals surface area contributed by atoms with Crippen LogP contribution in [0.2, 0.25) is 0 Å². The molecule has 0 fully saturated rings. The van der Waals surface area contributed by atoms with Crippen molar-refractivity contribution in [1.82, 2.24) is 0 Å². The Kier molecular flexibility index (Phi) is 3.88. The summed E-state index contributed by atoms with van der Waals surface area (Å²) in [5, 5.41) is 10.5. The minimum absolute atomic E-state index is 0.301. The third kappa shape index (κ3) is 3.44. The lowest BCUT2D eigenvalue weighted by Gasteiger charge is -2.02. The van der Waals surface area contributed by atoms with Crippen molar-refractivity contribution in [2.75, 3.05) is 5.73 Å². The predicted molar refractivity (Wildman–Crippen MR) is 88.9 cm³/mol. The highest BCUT2D eigenvalue weighted by Gasteiger charge is 2.10. The maximum Gasteiger partial charge on any atom is 0.433 e. The summed E-state index contributed by atoms with van der Waals surface area (Å²) >= 11 is 0. The van der Waals surface area contributed by atoms with Gasteiger partial charge in [0, 0.05) is 5.69 Å². The molecule has 23 heavy (non-hydrogen) atoms. The summed E-state index contributed by atoms with van der Waals surface area (Å²) in [6.45, 7) is 0. The summed E-state index contributed by atoms with van der Waals surface area (Å²) in [7, 11) is 0. The van der Waals surface area contributed by atoms with E-state index in [1.54, 1.807) is 0 Å². The Labute approximate surface area is 132 Å². The average Bonchev–Trinajstić information content (AvgIpc) is 3.04. The number of aliphatic imine (C=N–C) groups is 1. The molecule has 0 aliphatic carbocycles. The molecule has 1 heterocycles. The number of nitrogens with zero attached hydrogens (tertiary/aromatic N) is 2.